The Hall–Kier alpha value is -2.75. The van der Waals surface area contributed by atoms with E-state index in [0.717, 1.165) is 81.4 Å². The van der Waals surface area contributed by atoms with Gasteiger partial charge in [-0.2, -0.15) is 0 Å². The third-order valence-electron chi connectivity index (χ3n) is 7.28. The van der Waals surface area contributed by atoms with Crippen LogP contribution in [0.4, 0.5) is 5.82 Å². The second-order valence-electron chi connectivity index (χ2n) is 9.45. The van der Waals surface area contributed by atoms with Gasteiger partial charge in [-0.25, -0.2) is 4.98 Å². The Morgan fingerprint density at radius 1 is 1.21 bits per heavy atom. The molecule has 1 unspecified atom stereocenters. The van der Waals surface area contributed by atoms with Gasteiger partial charge >= 0.3 is 0 Å². The standard InChI is InChI=1S/C24H30N6O3/c31-22-4-3-20-24-29(22)15-19(30(24)23(32)13-27-20)14-28-7-5-17(6-8-28)25-11-18-10-16-2-1-9-33-21(16)12-26-18/h3-4,10,12-13,17,19,22,25,31H,1-2,5-9,11,14-15H2/t19-,22?/m1/s1. The van der Waals surface area contributed by atoms with E-state index < -0.39 is 6.23 Å². The number of ether oxygens (including phenoxy) is 1. The number of nitrogens with zero attached hydrogens (tertiary/aromatic N) is 5. The molecule has 6 heterocycles. The van der Waals surface area contributed by atoms with Gasteiger partial charge in [-0.1, -0.05) is 0 Å². The van der Waals surface area contributed by atoms with E-state index >= 15 is 0 Å². The monoisotopic (exact) mass is 450 g/mol. The molecule has 33 heavy (non-hydrogen) atoms. The molecule has 0 bridgehead atoms. The van der Waals surface area contributed by atoms with Gasteiger partial charge in [0.2, 0.25) is 0 Å². The Bertz CT molecular complexity index is 1120. The third-order valence-corrected chi connectivity index (χ3v) is 7.28. The molecule has 6 rings (SSSR count). The lowest BCUT2D eigenvalue weighted by molar-refractivity contribution is 0.172. The molecular formula is C24H30N6O3. The van der Waals surface area contributed by atoms with Gasteiger partial charge in [0.15, 0.2) is 0 Å². The van der Waals surface area contributed by atoms with Gasteiger partial charge in [-0.05, 0) is 62.6 Å². The van der Waals surface area contributed by atoms with Crippen molar-refractivity contribution in [2.75, 3.05) is 37.7 Å². The van der Waals surface area contributed by atoms with Crippen molar-refractivity contribution in [2.24, 2.45) is 0 Å². The molecule has 2 N–H and O–H groups in total. The van der Waals surface area contributed by atoms with Crippen LogP contribution in [-0.4, -0.2) is 69.6 Å². The molecule has 0 aromatic carbocycles. The number of hydrogen-bond donors (Lipinski definition) is 2. The number of aliphatic hydroxyl groups is 1. The first-order valence-electron chi connectivity index (χ1n) is 12.0. The van der Waals surface area contributed by atoms with Crippen molar-refractivity contribution in [1.29, 1.82) is 0 Å². The summed E-state index contributed by atoms with van der Waals surface area (Å²) in [5.74, 6) is 1.69. The lowest BCUT2D eigenvalue weighted by Gasteiger charge is -2.34. The van der Waals surface area contributed by atoms with Crippen LogP contribution in [0.25, 0.3) is 6.08 Å². The highest BCUT2D eigenvalue weighted by Crippen LogP contribution is 2.35. The number of rotatable bonds is 5. The largest absolute Gasteiger partial charge is 0.492 e. The zero-order valence-corrected chi connectivity index (χ0v) is 18.7. The van der Waals surface area contributed by atoms with Crippen LogP contribution >= 0.6 is 0 Å². The van der Waals surface area contributed by atoms with Crippen LogP contribution in [0.5, 0.6) is 5.75 Å². The summed E-state index contributed by atoms with van der Waals surface area (Å²) in [4.78, 5) is 25.7. The maximum Gasteiger partial charge on any atom is 0.270 e. The van der Waals surface area contributed by atoms with Crippen molar-refractivity contribution in [3.63, 3.8) is 0 Å². The van der Waals surface area contributed by atoms with E-state index in [1.165, 1.54) is 11.8 Å². The topological polar surface area (TPSA) is 95.8 Å². The first kappa shape index (κ1) is 20.8. The van der Waals surface area contributed by atoms with E-state index in [9.17, 15) is 9.90 Å². The minimum atomic E-state index is -0.698. The quantitative estimate of drug-likeness (QED) is 0.695. The molecule has 0 amide bonds. The molecule has 2 atom stereocenters. The van der Waals surface area contributed by atoms with Crippen LogP contribution in [0.3, 0.4) is 0 Å². The van der Waals surface area contributed by atoms with Crippen molar-refractivity contribution in [2.45, 2.75) is 50.5 Å². The minimum absolute atomic E-state index is 0.0234. The highest BCUT2D eigenvalue weighted by Gasteiger charge is 2.37. The van der Waals surface area contributed by atoms with Crippen LogP contribution in [0.2, 0.25) is 0 Å². The van der Waals surface area contributed by atoms with Crippen LogP contribution in [0.15, 0.2) is 29.3 Å². The number of pyridine rings is 1. The lowest BCUT2D eigenvalue weighted by Crippen LogP contribution is -2.45. The summed E-state index contributed by atoms with van der Waals surface area (Å²) >= 11 is 0. The van der Waals surface area contributed by atoms with Crippen LogP contribution in [0, 0.1) is 0 Å². The Kier molecular flexibility index (Phi) is 5.40. The second-order valence-corrected chi connectivity index (χ2v) is 9.45. The summed E-state index contributed by atoms with van der Waals surface area (Å²) in [6.45, 7) is 4.98. The first-order chi connectivity index (χ1) is 16.2. The van der Waals surface area contributed by atoms with Crippen LogP contribution < -0.4 is 20.5 Å². The summed E-state index contributed by atoms with van der Waals surface area (Å²) in [6.07, 6.45) is 10.4. The van der Waals surface area contributed by atoms with Gasteiger partial charge in [-0.3, -0.25) is 14.3 Å². The highest BCUT2D eigenvalue weighted by molar-refractivity contribution is 5.67. The van der Waals surface area contributed by atoms with E-state index in [1.54, 1.807) is 12.2 Å². The van der Waals surface area contributed by atoms with Gasteiger partial charge < -0.3 is 25.0 Å². The van der Waals surface area contributed by atoms with Crippen molar-refractivity contribution in [3.05, 3.63) is 51.8 Å². The fourth-order valence-electron chi connectivity index (χ4n) is 5.54. The predicted octanol–water partition coefficient (Wildman–Crippen LogP) is 0.924. The number of aliphatic hydroxyl groups excluding tert-OH is 1. The van der Waals surface area contributed by atoms with Crippen molar-refractivity contribution < 1.29 is 9.84 Å². The van der Waals surface area contributed by atoms with Crippen molar-refractivity contribution >= 4 is 11.9 Å². The number of anilines is 1. The zero-order chi connectivity index (χ0) is 22.4. The molecule has 2 aromatic heterocycles. The minimum Gasteiger partial charge on any atom is -0.492 e. The fourth-order valence-corrected chi connectivity index (χ4v) is 5.54. The fraction of sp³-hybridized carbons (Fsp3) is 0.542. The van der Waals surface area contributed by atoms with E-state index in [1.807, 2.05) is 15.7 Å². The number of piperidine rings is 1. The average Bonchev–Trinajstić information content (AvgIpc) is 3.23. The molecule has 4 aliphatic rings. The number of aryl methyl sites for hydroxylation is 1. The molecule has 0 radical (unpaired) electrons. The highest BCUT2D eigenvalue weighted by atomic mass is 16.5. The molecule has 1 fully saturated rings. The Balaban J connectivity index is 1.05. The Morgan fingerprint density at radius 2 is 2.09 bits per heavy atom. The predicted molar refractivity (Wildman–Crippen MR) is 124 cm³/mol. The Morgan fingerprint density at radius 3 is 2.97 bits per heavy atom. The van der Waals surface area contributed by atoms with Gasteiger partial charge in [0.25, 0.3) is 5.56 Å². The number of aromatic nitrogens is 3. The summed E-state index contributed by atoms with van der Waals surface area (Å²) in [5, 5.41) is 14.1. The number of hydrogen-bond acceptors (Lipinski definition) is 8. The van der Waals surface area contributed by atoms with E-state index in [0.29, 0.717) is 12.6 Å². The van der Waals surface area contributed by atoms with Crippen molar-refractivity contribution in [1.82, 2.24) is 24.8 Å². The first-order valence-corrected chi connectivity index (χ1v) is 12.0. The number of fused-ring (bicyclic) bond motifs is 1. The molecule has 0 aliphatic carbocycles. The summed E-state index contributed by atoms with van der Waals surface area (Å²) in [5.41, 5.74) is 3.01. The molecule has 4 aliphatic heterocycles. The van der Waals surface area contributed by atoms with E-state index in [-0.39, 0.29) is 11.6 Å². The van der Waals surface area contributed by atoms with Gasteiger partial charge in [0.1, 0.15) is 23.5 Å². The molecule has 2 aromatic rings. The summed E-state index contributed by atoms with van der Waals surface area (Å²) in [6, 6.07) is 2.67. The van der Waals surface area contributed by atoms with E-state index in [4.69, 9.17) is 4.74 Å². The average molecular weight is 451 g/mol. The zero-order valence-electron chi connectivity index (χ0n) is 18.7. The Labute approximate surface area is 192 Å². The second kappa shape index (κ2) is 8.55. The summed E-state index contributed by atoms with van der Waals surface area (Å²) in [7, 11) is 0. The number of nitrogens with one attached hydrogen (secondary N) is 1. The van der Waals surface area contributed by atoms with Crippen molar-refractivity contribution in [3.8, 4) is 5.75 Å². The molecule has 0 spiro atoms. The molecular weight excluding hydrogens is 420 g/mol. The van der Waals surface area contributed by atoms with Crippen LogP contribution in [0.1, 0.15) is 42.3 Å². The van der Waals surface area contributed by atoms with Gasteiger partial charge in [0.05, 0.1) is 30.7 Å². The summed E-state index contributed by atoms with van der Waals surface area (Å²) < 4.78 is 7.49. The molecule has 9 nitrogen and oxygen atoms in total. The van der Waals surface area contributed by atoms with E-state index in [2.05, 4.69) is 26.3 Å². The lowest BCUT2D eigenvalue weighted by atomic mass is 10.0. The molecule has 0 saturated carbocycles. The normalized spacial score (nSPS) is 24.5. The molecule has 174 valence electrons. The SMILES string of the molecule is O=c1cnc2c3n1[C@H](CN1CCC(NCc4cc5c(cn4)OCCC5)CC1)CN3C(O)C=C2. The van der Waals surface area contributed by atoms with Gasteiger partial charge in [0, 0.05) is 25.7 Å². The molecule has 1 saturated heterocycles. The third kappa shape index (κ3) is 3.94. The maximum absolute atomic E-state index is 12.6. The maximum atomic E-state index is 12.6. The smallest absolute Gasteiger partial charge is 0.270 e. The van der Waals surface area contributed by atoms with Gasteiger partial charge in [-0.15, -0.1) is 0 Å². The molecule has 9 heteroatoms. The van der Waals surface area contributed by atoms with Crippen LogP contribution in [-0.2, 0) is 13.0 Å². The number of likely N-dealkylation sites (tertiary alicyclic amines) is 1.